The lowest BCUT2D eigenvalue weighted by molar-refractivity contribution is -0.118. The lowest BCUT2D eigenvalue weighted by Gasteiger charge is -2.17. The van der Waals surface area contributed by atoms with Gasteiger partial charge in [-0.05, 0) is 46.6 Å². The molecule has 0 bridgehead atoms. The summed E-state index contributed by atoms with van der Waals surface area (Å²) in [5, 5.41) is 13.8. The average Bonchev–Trinajstić information content (AvgIpc) is 3.04. The van der Waals surface area contributed by atoms with Crippen molar-refractivity contribution in [3.63, 3.8) is 0 Å². The molecule has 0 fully saturated rings. The minimum absolute atomic E-state index is 0.0390. The van der Waals surface area contributed by atoms with Crippen molar-refractivity contribution in [1.82, 2.24) is 15.6 Å². The molecule has 1 unspecified atom stereocenters. The second kappa shape index (κ2) is 7.02. The number of carbonyl (C=O) groups is 1. The number of anilines is 1. The summed E-state index contributed by atoms with van der Waals surface area (Å²) in [5.41, 5.74) is 3.26. The SMILES string of the molecule is CCC(NCc1ccc2nonc2c1)C(=O)Nc1ccccc1. The zero-order chi connectivity index (χ0) is 16.1. The van der Waals surface area contributed by atoms with Crippen LogP contribution >= 0.6 is 0 Å². The van der Waals surface area contributed by atoms with Gasteiger partial charge in [0.15, 0.2) is 0 Å². The molecule has 3 aromatic rings. The number of hydrogen-bond donors (Lipinski definition) is 2. The highest BCUT2D eigenvalue weighted by Crippen LogP contribution is 2.12. The molecule has 0 saturated carbocycles. The van der Waals surface area contributed by atoms with Gasteiger partial charge < -0.3 is 10.6 Å². The second-order valence-electron chi connectivity index (χ2n) is 5.28. The molecule has 118 valence electrons. The van der Waals surface area contributed by atoms with Crippen molar-refractivity contribution in [2.24, 2.45) is 0 Å². The van der Waals surface area contributed by atoms with Crippen molar-refractivity contribution in [2.75, 3.05) is 5.32 Å². The molecule has 6 heteroatoms. The van der Waals surface area contributed by atoms with E-state index < -0.39 is 0 Å². The summed E-state index contributed by atoms with van der Waals surface area (Å²) in [7, 11) is 0. The molecule has 6 nitrogen and oxygen atoms in total. The standard InChI is InChI=1S/C17H18N4O2/c1-2-14(17(22)19-13-6-4-3-5-7-13)18-11-12-8-9-15-16(10-12)21-23-20-15/h3-10,14,18H,2,11H2,1H3,(H,19,22). The van der Waals surface area contributed by atoms with E-state index in [1.165, 1.54) is 0 Å². The van der Waals surface area contributed by atoms with E-state index in [2.05, 4.69) is 25.6 Å². The van der Waals surface area contributed by atoms with Gasteiger partial charge in [-0.15, -0.1) is 0 Å². The topological polar surface area (TPSA) is 80.1 Å². The Balaban J connectivity index is 1.61. The molecule has 0 saturated heterocycles. The Kier molecular flexibility index (Phi) is 4.63. The molecule has 0 spiro atoms. The maximum absolute atomic E-state index is 12.3. The van der Waals surface area contributed by atoms with Crippen molar-refractivity contribution in [3.05, 3.63) is 54.1 Å². The molecular weight excluding hydrogens is 292 g/mol. The monoisotopic (exact) mass is 310 g/mol. The van der Waals surface area contributed by atoms with Crippen LogP contribution in [0, 0.1) is 0 Å². The fraction of sp³-hybridized carbons (Fsp3) is 0.235. The second-order valence-corrected chi connectivity index (χ2v) is 5.28. The highest BCUT2D eigenvalue weighted by molar-refractivity contribution is 5.94. The number of fused-ring (bicyclic) bond motifs is 1. The molecule has 1 amide bonds. The first-order valence-electron chi connectivity index (χ1n) is 7.57. The van der Waals surface area contributed by atoms with Gasteiger partial charge in [-0.2, -0.15) is 0 Å². The van der Waals surface area contributed by atoms with Crippen LogP contribution in [0.3, 0.4) is 0 Å². The number of para-hydroxylation sites is 1. The zero-order valence-corrected chi connectivity index (χ0v) is 12.8. The molecule has 3 rings (SSSR count). The first kappa shape index (κ1) is 15.2. The predicted octanol–water partition coefficient (Wildman–Crippen LogP) is 2.73. The van der Waals surface area contributed by atoms with Gasteiger partial charge in [-0.25, -0.2) is 4.63 Å². The minimum Gasteiger partial charge on any atom is -0.325 e. The quantitative estimate of drug-likeness (QED) is 0.732. The van der Waals surface area contributed by atoms with Crippen LogP contribution in [0.1, 0.15) is 18.9 Å². The van der Waals surface area contributed by atoms with Crippen molar-refractivity contribution in [2.45, 2.75) is 25.9 Å². The third-order valence-electron chi connectivity index (χ3n) is 3.64. The Labute approximate surface area is 133 Å². The van der Waals surface area contributed by atoms with Crippen LogP contribution < -0.4 is 10.6 Å². The molecule has 1 atom stereocenters. The number of hydrogen-bond acceptors (Lipinski definition) is 5. The van der Waals surface area contributed by atoms with Gasteiger partial charge in [0.05, 0.1) is 6.04 Å². The van der Waals surface area contributed by atoms with Gasteiger partial charge in [0.2, 0.25) is 5.91 Å². The maximum atomic E-state index is 12.3. The number of benzene rings is 2. The zero-order valence-electron chi connectivity index (χ0n) is 12.8. The molecular formula is C17H18N4O2. The Hall–Kier alpha value is -2.73. The van der Waals surface area contributed by atoms with Crippen molar-refractivity contribution in [3.8, 4) is 0 Å². The van der Waals surface area contributed by atoms with E-state index in [1.54, 1.807) is 0 Å². The van der Waals surface area contributed by atoms with Gasteiger partial charge in [0.1, 0.15) is 11.0 Å². The summed E-state index contributed by atoms with van der Waals surface area (Å²) in [6.07, 6.45) is 0.701. The number of nitrogens with zero attached hydrogens (tertiary/aromatic N) is 2. The third-order valence-corrected chi connectivity index (χ3v) is 3.64. The van der Waals surface area contributed by atoms with Gasteiger partial charge in [0.25, 0.3) is 0 Å². The Morgan fingerprint density at radius 1 is 1.13 bits per heavy atom. The lowest BCUT2D eigenvalue weighted by Crippen LogP contribution is -2.39. The van der Waals surface area contributed by atoms with Crippen LogP contribution in [0.15, 0.2) is 53.2 Å². The van der Waals surface area contributed by atoms with Crippen LogP contribution in [0.2, 0.25) is 0 Å². The summed E-state index contributed by atoms with van der Waals surface area (Å²) in [5.74, 6) is -0.0390. The number of carbonyl (C=O) groups excluding carboxylic acids is 1. The smallest absolute Gasteiger partial charge is 0.241 e. The highest BCUT2D eigenvalue weighted by Gasteiger charge is 2.16. The van der Waals surface area contributed by atoms with Gasteiger partial charge in [-0.1, -0.05) is 31.2 Å². The molecule has 2 aromatic carbocycles. The highest BCUT2D eigenvalue weighted by atomic mass is 16.6. The normalized spacial score (nSPS) is 12.2. The van der Waals surface area contributed by atoms with Gasteiger partial charge in [0, 0.05) is 12.2 Å². The average molecular weight is 310 g/mol. The predicted molar refractivity (Wildman–Crippen MR) is 87.8 cm³/mol. The largest absolute Gasteiger partial charge is 0.325 e. The van der Waals surface area contributed by atoms with Gasteiger partial charge >= 0.3 is 0 Å². The number of nitrogens with one attached hydrogen (secondary N) is 2. The molecule has 0 aliphatic heterocycles. The summed E-state index contributed by atoms with van der Waals surface area (Å²) in [4.78, 5) is 12.3. The summed E-state index contributed by atoms with van der Waals surface area (Å²) >= 11 is 0. The van der Waals surface area contributed by atoms with E-state index >= 15 is 0 Å². The number of amides is 1. The van der Waals surface area contributed by atoms with Crippen molar-refractivity contribution < 1.29 is 9.42 Å². The molecule has 1 aromatic heterocycles. The van der Waals surface area contributed by atoms with Gasteiger partial charge in [-0.3, -0.25) is 4.79 Å². The molecule has 0 radical (unpaired) electrons. The molecule has 23 heavy (non-hydrogen) atoms. The number of rotatable bonds is 6. The summed E-state index contributed by atoms with van der Waals surface area (Å²) in [6, 6.07) is 14.9. The third kappa shape index (κ3) is 3.73. The van der Waals surface area contributed by atoms with E-state index in [0.29, 0.717) is 18.5 Å². The van der Waals surface area contributed by atoms with Crippen LogP contribution in [0.5, 0.6) is 0 Å². The Morgan fingerprint density at radius 3 is 2.70 bits per heavy atom. The van der Waals surface area contributed by atoms with E-state index in [0.717, 1.165) is 16.8 Å². The van der Waals surface area contributed by atoms with E-state index in [-0.39, 0.29) is 11.9 Å². The summed E-state index contributed by atoms with van der Waals surface area (Å²) in [6.45, 7) is 2.55. The molecule has 0 aliphatic rings. The fourth-order valence-electron chi connectivity index (χ4n) is 2.35. The Bertz CT molecular complexity index is 785. The van der Waals surface area contributed by atoms with E-state index in [1.807, 2.05) is 55.5 Å². The van der Waals surface area contributed by atoms with Crippen molar-refractivity contribution in [1.29, 1.82) is 0 Å². The molecule has 2 N–H and O–H groups in total. The summed E-state index contributed by atoms with van der Waals surface area (Å²) < 4.78 is 4.69. The van der Waals surface area contributed by atoms with E-state index in [9.17, 15) is 4.79 Å². The van der Waals surface area contributed by atoms with Crippen LogP contribution in [-0.4, -0.2) is 22.3 Å². The lowest BCUT2D eigenvalue weighted by atomic mass is 10.1. The first-order chi connectivity index (χ1) is 11.3. The van der Waals surface area contributed by atoms with Crippen LogP contribution in [-0.2, 0) is 11.3 Å². The maximum Gasteiger partial charge on any atom is 0.241 e. The fourth-order valence-corrected chi connectivity index (χ4v) is 2.35. The Morgan fingerprint density at radius 2 is 1.91 bits per heavy atom. The van der Waals surface area contributed by atoms with Crippen LogP contribution in [0.4, 0.5) is 5.69 Å². The van der Waals surface area contributed by atoms with Crippen LogP contribution in [0.25, 0.3) is 11.0 Å². The first-order valence-corrected chi connectivity index (χ1v) is 7.57. The van der Waals surface area contributed by atoms with Crippen molar-refractivity contribution >= 4 is 22.6 Å². The minimum atomic E-state index is -0.263. The van der Waals surface area contributed by atoms with E-state index in [4.69, 9.17) is 0 Å². The molecule has 1 heterocycles. The molecule has 0 aliphatic carbocycles. The number of aromatic nitrogens is 2.